The quantitative estimate of drug-likeness (QED) is 0.422. The number of rotatable bonds is 6. The van der Waals surface area contributed by atoms with Crippen LogP contribution < -0.4 is 10.6 Å². The second kappa shape index (κ2) is 9.00. The molecule has 2 N–H and O–H groups in total. The van der Waals surface area contributed by atoms with E-state index in [2.05, 4.69) is 24.5 Å². The van der Waals surface area contributed by atoms with E-state index in [0.29, 0.717) is 0 Å². The molecule has 0 saturated heterocycles. The minimum Gasteiger partial charge on any atom is -0.332 e. The average molecular weight is 402 g/mol. The average Bonchev–Trinajstić information content (AvgIpc) is 2.67. The van der Waals surface area contributed by atoms with E-state index in [1.807, 2.05) is 24.3 Å². The molecule has 0 aliphatic heterocycles. The van der Waals surface area contributed by atoms with Gasteiger partial charge >= 0.3 is 0 Å². The highest BCUT2D eigenvalue weighted by Gasteiger charge is 2.20. The van der Waals surface area contributed by atoms with E-state index in [9.17, 15) is 25.0 Å². The van der Waals surface area contributed by atoms with Gasteiger partial charge in [0.05, 0.1) is 21.5 Å². The van der Waals surface area contributed by atoms with Gasteiger partial charge in [-0.25, -0.2) is 0 Å². The Morgan fingerprint density at radius 3 is 2.21 bits per heavy atom. The van der Waals surface area contributed by atoms with Crippen molar-refractivity contribution in [3.8, 4) is 0 Å². The summed E-state index contributed by atoms with van der Waals surface area (Å²) in [5.74, 6) is -0.521. The fourth-order valence-corrected chi connectivity index (χ4v) is 2.73. The second-order valence-corrected chi connectivity index (χ2v) is 6.47. The first-order valence-corrected chi connectivity index (χ1v) is 8.78. The van der Waals surface area contributed by atoms with Crippen molar-refractivity contribution in [1.29, 1.82) is 0 Å². The number of nitro groups is 2. The van der Waals surface area contributed by atoms with Crippen LogP contribution in [0.4, 0.5) is 17.1 Å². The summed E-state index contributed by atoms with van der Waals surface area (Å²) in [5, 5.41) is 27.2. The molecule has 2 rings (SSSR count). The highest BCUT2D eigenvalue weighted by atomic mass is 32.1. The molecule has 1 amide bonds. The zero-order valence-corrected chi connectivity index (χ0v) is 16.0. The number of para-hydroxylation sites is 1. The lowest BCUT2D eigenvalue weighted by atomic mass is 9.97. The Morgan fingerprint density at radius 1 is 1.11 bits per heavy atom. The maximum absolute atomic E-state index is 12.4. The molecule has 9 nitrogen and oxygen atoms in total. The number of benzene rings is 2. The van der Waals surface area contributed by atoms with E-state index in [-0.39, 0.29) is 16.6 Å². The molecule has 0 aliphatic rings. The van der Waals surface area contributed by atoms with Crippen LogP contribution in [0.25, 0.3) is 0 Å². The summed E-state index contributed by atoms with van der Waals surface area (Å²) in [6, 6.07) is 10.2. The van der Waals surface area contributed by atoms with Crippen molar-refractivity contribution in [3.63, 3.8) is 0 Å². The normalized spacial score (nSPS) is 11.4. The lowest BCUT2D eigenvalue weighted by Gasteiger charge is -2.17. The first-order valence-electron chi connectivity index (χ1n) is 8.38. The molecule has 0 unspecified atom stereocenters. The van der Waals surface area contributed by atoms with E-state index >= 15 is 0 Å². The van der Waals surface area contributed by atoms with E-state index in [0.717, 1.165) is 35.9 Å². The molecule has 2 aromatic rings. The van der Waals surface area contributed by atoms with Crippen molar-refractivity contribution in [2.45, 2.75) is 26.2 Å². The van der Waals surface area contributed by atoms with Gasteiger partial charge in [-0.1, -0.05) is 32.0 Å². The summed E-state index contributed by atoms with van der Waals surface area (Å²) in [4.78, 5) is 32.7. The molecule has 0 saturated carbocycles. The number of amides is 1. The number of hydrogen-bond donors (Lipinski definition) is 2. The van der Waals surface area contributed by atoms with Crippen LogP contribution in [0.1, 0.15) is 42.1 Å². The van der Waals surface area contributed by atoms with E-state index in [4.69, 9.17) is 12.2 Å². The number of thiocarbonyl (C=S) groups is 1. The minimum absolute atomic E-state index is 0.0186. The number of carbonyl (C=O) groups is 1. The lowest BCUT2D eigenvalue weighted by Crippen LogP contribution is -2.34. The third-order valence-corrected chi connectivity index (χ3v) is 4.37. The van der Waals surface area contributed by atoms with Gasteiger partial charge in [0.25, 0.3) is 17.3 Å². The summed E-state index contributed by atoms with van der Waals surface area (Å²) in [7, 11) is 0. The van der Waals surface area contributed by atoms with Gasteiger partial charge in [0, 0.05) is 17.8 Å². The van der Waals surface area contributed by atoms with Gasteiger partial charge < -0.3 is 5.32 Å². The molecule has 0 aromatic heterocycles. The number of nitrogens with zero attached hydrogens (tertiary/aromatic N) is 2. The Kier molecular flexibility index (Phi) is 6.72. The summed E-state index contributed by atoms with van der Waals surface area (Å²) in [6.45, 7) is 4.11. The first-order chi connectivity index (χ1) is 13.2. The van der Waals surface area contributed by atoms with Gasteiger partial charge in [0.2, 0.25) is 0 Å². The molecular weight excluding hydrogens is 384 g/mol. The summed E-state index contributed by atoms with van der Waals surface area (Å²) < 4.78 is 0. The van der Waals surface area contributed by atoms with E-state index in [1.54, 1.807) is 0 Å². The summed E-state index contributed by atoms with van der Waals surface area (Å²) >= 11 is 5.15. The second-order valence-electron chi connectivity index (χ2n) is 6.06. The number of carbonyl (C=O) groups excluding carboxylic acids is 1. The van der Waals surface area contributed by atoms with Gasteiger partial charge in [-0.3, -0.25) is 30.3 Å². The molecule has 0 heterocycles. The molecule has 2 aromatic carbocycles. The van der Waals surface area contributed by atoms with Crippen LogP contribution in [0, 0.1) is 20.2 Å². The Morgan fingerprint density at radius 2 is 1.68 bits per heavy atom. The van der Waals surface area contributed by atoms with Gasteiger partial charge in [-0.15, -0.1) is 0 Å². The molecule has 146 valence electrons. The zero-order valence-electron chi connectivity index (χ0n) is 15.2. The molecule has 0 spiro atoms. The molecule has 10 heteroatoms. The van der Waals surface area contributed by atoms with E-state index in [1.165, 1.54) is 0 Å². The largest absolute Gasteiger partial charge is 0.332 e. The maximum atomic E-state index is 12.4. The molecule has 0 radical (unpaired) electrons. The Balaban J connectivity index is 2.21. The smallest absolute Gasteiger partial charge is 0.277 e. The fraction of sp³-hybridized carbons (Fsp3) is 0.222. The molecule has 1 atom stereocenters. The van der Waals surface area contributed by atoms with Gasteiger partial charge in [-0.2, -0.15) is 0 Å². The standard InChI is InChI=1S/C18H18N4O5S/c1-3-11(2)15-6-4-5-7-16(15)19-18(28)20-17(23)12-8-13(21(24)25)10-14(9-12)22(26)27/h4-11H,3H2,1-2H3,(H2,19,20,23,28)/t11-/m1/s1. The predicted molar refractivity (Wildman–Crippen MR) is 109 cm³/mol. The van der Waals surface area contributed by atoms with Gasteiger partial charge in [-0.05, 0) is 36.2 Å². The molecule has 28 heavy (non-hydrogen) atoms. The third kappa shape index (κ3) is 5.07. The maximum Gasteiger partial charge on any atom is 0.277 e. The third-order valence-electron chi connectivity index (χ3n) is 4.17. The zero-order chi connectivity index (χ0) is 20.8. The van der Waals surface area contributed by atoms with Crippen molar-refractivity contribution in [2.24, 2.45) is 0 Å². The lowest BCUT2D eigenvalue weighted by molar-refractivity contribution is -0.394. The van der Waals surface area contributed by atoms with Crippen LogP contribution >= 0.6 is 12.2 Å². The predicted octanol–water partition coefficient (Wildman–Crippen LogP) is 4.14. The van der Waals surface area contributed by atoms with Crippen LogP contribution in [-0.2, 0) is 0 Å². The van der Waals surface area contributed by atoms with Crippen LogP contribution in [0.5, 0.6) is 0 Å². The topological polar surface area (TPSA) is 127 Å². The van der Waals surface area contributed by atoms with Crippen molar-refractivity contribution in [3.05, 3.63) is 73.8 Å². The van der Waals surface area contributed by atoms with Crippen LogP contribution in [0.15, 0.2) is 42.5 Å². The van der Waals surface area contributed by atoms with Gasteiger partial charge in [0.15, 0.2) is 5.11 Å². The van der Waals surface area contributed by atoms with Crippen molar-refractivity contribution >= 4 is 40.3 Å². The Hall–Kier alpha value is -3.40. The summed E-state index contributed by atoms with van der Waals surface area (Å²) in [6.07, 6.45) is 0.912. The molecule has 0 aliphatic carbocycles. The van der Waals surface area contributed by atoms with Crippen LogP contribution in [-0.4, -0.2) is 20.9 Å². The van der Waals surface area contributed by atoms with Crippen molar-refractivity contribution in [2.75, 3.05) is 5.32 Å². The highest BCUT2D eigenvalue weighted by molar-refractivity contribution is 7.80. The number of non-ortho nitro benzene ring substituents is 2. The highest BCUT2D eigenvalue weighted by Crippen LogP contribution is 2.26. The van der Waals surface area contributed by atoms with Crippen LogP contribution in [0.3, 0.4) is 0 Å². The number of anilines is 1. The Bertz CT molecular complexity index is 915. The monoisotopic (exact) mass is 402 g/mol. The van der Waals surface area contributed by atoms with Crippen LogP contribution in [0.2, 0.25) is 0 Å². The molecule has 0 bridgehead atoms. The number of nitro benzene ring substituents is 2. The minimum atomic E-state index is -0.803. The number of hydrogen-bond acceptors (Lipinski definition) is 6. The molecule has 0 fully saturated rings. The first kappa shape index (κ1) is 20.9. The fourth-order valence-electron chi connectivity index (χ4n) is 2.53. The number of nitrogens with one attached hydrogen (secondary N) is 2. The summed E-state index contributed by atoms with van der Waals surface area (Å²) in [5.41, 5.74) is 0.403. The van der Waals surface area contributed by atoms with Crippen molar-refractivity contribution < 1.29 is 14.6 Å². The van der Waals surface area contributed by atoms with Crippen molar-refractivity contribution in [1.82, 2.24) is 5.32 Å². The SMILES string of the molecule is CC[C@@H](C)c1ccccc1NC(=S)NC(=O)c1cc([N+](=O)[O-])cc([N+](=O)[O-])c1. The Labute approximate surface area is 166 Å². The van der Waals surface area contributed by atoms with Gasteiger partial charge in [0.1, 0.15) is 0 Å². The molecular formula is C18H18N4O5S. The van der Waals surface area contributed by atoms with E-state index < -0.39 is 27.1 Å².